The van der Waals surface area contributed by atoms with Crippen LogP contribution in [0.15, 0.2) is 29.4 Å². The maximum atomic E-state index is 10.9. The zero-order valence-electron chi connectivity index (χ0n) is 8.28. The zero-order valence-corrected chi connectivity index (χ0v) is 8.28. The quantitative estimate of drug-likeness (QED) is 0.755. The van der Waals surface area contributed by atoms with Crippen molar-refractivity contribution in [2.24, 2.45) is 5.10 Å². The second kappa shape index (κ2) is 4.00. The van der Waals surface area contributed by atoms with Crippen LogP contribution in [0.3, 0.4) is 0 Å². The van der Waals surface area contributed by atoms with Crippen LogP contribution in [0.25, 0.3) is 0 Å². The minimum atomic E-state index is -0.0917. The molecular formula is C10H11N3O2. The van der Waals surface area contributed by atoms with E-state index < -0.39 is 0 Å². The van der Waals surface area contributed by atoms with E-state index in [-0.39, 0.29) is 5.91 Å². The van der Waals surface area contributed by atoms with Crippen LogP contribution in [0.5, 0.6) is 5.75 Å². The number of methoxy groups -OCH3 is 1. The molecule has 1 aromatic rings. The average Bonchev–Trinajstić information content (AvgIpc) is 2.65. The molecule has 0 spiro atoms. The van der Waals surface area contributed by atoms with Gasteiger partial charge in [0.05, 0.1) is 13.5 Å². The molecule has 5 heteroatoms. The molecular weight excluding hydrogens is 194 g/mol. The van der Waals surface area contributed by atoms with Gasteiger partial charge in [-0.25, -0.2) is 5.43 Å². The van der Waals surface area contributed by atoms with Crippen LogP contribution < -0.4 is 15.5 Å². The lowest BCUT2D eigenvalue weighted by Crippen LogP contribution is -2.12. The summed E-state index contributed by atoms with van der Waals surface area (Å²) < 4.78 is 5.03. The number of hydrogen-bond acceptors (Lipinski definition) is 4. The summed E-state index contributed by atoms with van der Waals surface area (Å²) in [7, 11) is 1.62. The Labute approximate surface area is 87.1 Å². The van der Waals surface area contributed by atoms with Gasteiger partial charge in [-0.3, -0.25) is 4.79 Å². The number of benzene rings is 1. The molecule has 2 rings (SSSR count). The fraction of sp³-hybridized carbons (Fsp3) is 0.200. The van der Waals surface area contributed by atoms with Gasteiger partial charge in [-0.1, -0.05) is 0 Å². The average molecular weight is 205 g/mol. The van der Waals surface area contributed by atoms with Crippen molar-refractivity contribution in [3.05, 3.63) is 24.3 Å². The standard InChI is InChI=1S/C10H11N3O2/c1-15-8-4-2-7(3-5-8)11-9-6-10(14)13-12-9/h2-5H,6H2,1H3,(H,11,12)(H,13,14). The Morgan fingerprint density at radius 2 is 2.13 bits per heavy atom. The van der Waals surface area contributed by atoms with Crippen molar-refractivity contribution in [3.63, 3.8) is 0 Å². The molecule has 0 unspecified atom stereocenters. The van der Waals surface area contributed by atoms with Gasteiger partial charge in [-0.2, -0.15) is 5.10 Å². The van der Waals surface area contributed by atoms with E-state index in [0.717, 1.165) is 11.4 Å². The van der Waals surface area contributed by atoms with E-state index in [4.69, 9.17) is 4.74 Å². The highest BCUT2D eigenvalue weighted by Gasteiger charge is 2.13. The van der Waals surface area contributed by atoms with Crippen molar-refractivity contribution < 1.29 is 9.53 Å². The van der Waals surface area contributed by atoms with Crippen LogP contribution in [0, 0.1) is 0 Å². The van der Waals surface area contributed by atoms with E-state index in [9.17, 15) is 4.79 Å². The van der Waals surface area contributed by atoms with Crippen molar-refractivity contribution in [1.82, 2.24) is 5.43 Å². The number of nitrogens with one attached hydrogen (secondary N) is 2. The number of amidine groups is 1. The molecule has 0 aliphatic carbocycles. The molecule has 0 saturated carbocycles. The van der Waals surface area contributed by atoms with E-state index in [0.29, 0.717) is 12.3 Å². The molecule has 1 aromatic carbocycles. The molecule has 5 nitrogen and oxygen atoms in total. The van der Waals surface area contributed by atoms with Gasteiger partial charge in [-0.05, 0) is 24.3 Å². The van der Waals surface area contributed by atoms with Gasteiger partial charge >= 0.3 is 0 Å². The highest BCUT2D eigenvalue weighted by atomic mass is 16.5. The fourth-order valence-electron chi connectivity index (χ4n) is 1.27. The van der Waals surface area contributed by atoms with Gasteiger partial charge in [0.1, 0.15) is 11.6 Å². The third kappa shape index (κ3) is 2.25. The Morgan fingerprint density at radius 1 is 1.40 bits per heavy atom. The summed E-state index contributed by atoms with van der Waals surface area (Å²) in [5.74, 6) is 1.33. The monoisotopic (exact) mass is 205 g/mol. The van der Waals surface area contributed by atoms with Crippen molar-refractivity contribution in [1.29, 1.82) is 0 Å². The van der Waals surface area contributed by atoms with Crippen LogP contribution in [0.1, 0.15) is 6.42 Å². The minimum Gasteiger partial charge on any atom is -0.497 e. The molecule has 2 N–H and O–H groups in total. The summed E-state index contributed by atoms with van der Waals surface area (Å²) >= 11 is 0. The summed E-state index contributed by atoms with van der Waals surface area (Å²) in [4.78, 5) is 10.9. The predicted octanol–water partition coefficient (Wildman–Crippen LogP) is 0.940. The number of rotatable bonds is 2. The summed E-state index contributed by atoms with van der Waals surface area (Å²) in [5.41, 5.74) is 3.25. The van der Waals surface area contributed by atoms with Gasteiger partial charge < -0.3 is 10.1 Å². The number of hydrogen-bond donors (Lipinski definition) is 2. The SMILES string of the molecule is COc1ccc(NC2=NNC(=O)C2)cc1. The number of carbonyl (C=O) groups is 1. The Kier molecular flexibility index (Phi) is 2.53. The Balaban J connectivity index is 2.02. The van der Waals surface area contributed by atoms with E-state index >= 15 is 0 Å². The number of anilines is 1. The largest absolute Gasteiger partial charge is 0.497 e. The maximum absolute atomic E-state index is 10.9. The molecule has 0 atom stereocenters. The van der Waals surface area contributed by atoms with Crippen LogP contribution in [0.4, 0.5) is 5.69 Å². The van der Waals surface area contributed by atoms with Crippen molar-refractivity contribution in [2.75, 3.05) is 12.4 Å². The van der Waals surface area contributed by atoms with E-state index in [1.165, 1.54) is 0 Å². The molecule has 0 radical (unpaired) electrons. The fourth-order valence-corrected chi connectivity index (χ4v) is 1.27. The molecule has 15 heavy (non-hydrogen) atoms. The number of nitrogens with zero attached hydrogens (tertiary/aromatic N) is 1. The third-order valence-corrected chi connectivity index (χ3v) is 2.02. The second-order valence-corrected chi connectivity index (χ2v) is 3.12. The van der Waals surface area contributed by atoms with E-state index in [1.54, 1.807) is 7.11 Å². The van der Waals surface area contributed by atoms with Gasteiger partial charge in [-0.15, -0.1) is 0 Å². The number of ether oxygens (including phenoxy) is 1. The molecule has 1 aliphatic rings. The van der Waals surface area contributed by atoms with E-state index in [2.05, 4.69) is 15.8 Å². The first kappa shape index (κ1) is 9.51. The maximum Gasteiger partial charge on any atom is 0.247 e. The Bertz CT molecular complexity index is 398. The first-order valence-corrected chi connectivity index (χ1v) is 4.54. The number of carbonyl (C=O) groups excluding carboxylic acids is 1. The predicted molar refractivity (Wildman–Crippen MR) is 56.8 cm³/mol. The zero-order chi connectivity index (χ0) is 10.7. The highest BCUT2D eigenvalue weighted by molar-refractivity contribution is 6.10. The first-order valence-electron chi connectivity index (χ1n) is 4.54. The third-order valence-electron chi connectivity index (χ3n) is 2.02. The highest BCUT2D eigenvalue weighted by Crippen LogP contribution is 2.15. The smallest absolute Gasteiger partial charge is 0.247 e. The lowest BCUT2D eigenvalue weighted by Gasteiger charge is -2.05. The summed E-state index contributed by atoms with van der Waals surface area (Å²) in [6.07, 6.45) is 0.298. The first-order chi connectivity index (χ1) is 7.28. The summed E-state index contributed by atoms with van der Waals surface area (Å²) in [6, 6.07) is 7.41. The topological polar surface area (TPSA) is 62.7 Å². The molecule has 1 heterocycles. The Hall–Kier alpha value is -2.04. The van der Waals surface area contributed by atoms with E-state index in [1.807, 2.05) is 24.3 Å². The molecule has 0 bridgehead atoms. The van der Waals surface area contributed by atoms with Crippen molar-refractivity contribution in [2.45, 2.75) is 6.42 Å². The molecule has 0 saturated heterocycles. The van der Waals surface area contributed by atoms with Crippen LogP contribution in [-0.4, -0.2) is 18.9 Å². The van der Waals surface area contributed by atoms with Gasteiger partial charge in [0.15, 0.2) is 0 Å². The van der Waals surface area contributed by atoms with Crippen molar-refractivity contribution >= 4 is 17.4 Å². The number of amides is 1. The van der Waals surface area contributed by atoms with Crippen LogP contribution >= 0.6 is 0 Å². The number of hydrazone groups is 1. The molecule has 1 amide bonds. The normalized spacial score (nSPS) is 14.5. The lowest BCUT2D eigenvalue weighted by molar-refractivity contribution is -0.119. The molecule has 0 fully saturated rings. The van der Waals surface area contributed by atoms with Gasteiger partial charge in [0.25, 0.3) is 0 Å². The van der Waals surface area contributed by atoms with Gasteiger partial charge in [0.2, 0.25) is 5.91 Å². The molecule has 78 valence electrons. The van der Waals surface area contributed by atoms with Gasteiger partial charge in [0, 0.05) is 5.69 Å². The molecule has 1 aliphatic heterocycles. The summed E-state index contributed by atoms with van der Waals surface area (Å²) in [5, 5.41) is 6.86. The summed E-state index contributed by atoms with van der Waals surface area (Å²) in [6.45, 7) is 0. The second-order valence-electron chi connectivity index (χ2n) is 3.12. The van der Waals surface area contributed by atoms with Crippen molar-refractivity contribution in [3.8, 4) is 5.75 Å². The Morgan fingerprint density at radius 3 is 2.67 bits per heavy atom. The molecule has 0 aromatic heterocycles. The minimum absolute atomic E-state index is 0.0917. The van der Waals surface area contributed by atoms with Crippen LogP contribution in [-0.2, 0) is 4.79 Å². The lowest BCUT2D eigenvalue weighted by atomic mass is 10.3. The van der Waals surface area contributed by atoms with Crippen LogP contribution in [0.2, 0.25) is 0 Å².